The maximum absolute atomic E-state index is 13.3. The van der Waals surface area contributed by atoms with Crippen molar-refractivity contribution in [3.05, 3.63) is 47.7 Å². The van der Waals surface area contributed by atoms with Crippen LogP contribution in [0.15, 0.2) is 36.4 Å². The second-order valence-electron chi connectivity index (χ2n) is 12.0. The van der Waals surface area contributed by atoms with Crippen LogP contribution in [-0.2, 0) is 0 Å². The van der Waals surface area contributed by atoms with Crippen LogP contribution in [0, 0.1) is 17.8 Å². The molecule has 3 N–H and O–H groups in total. The first-order chi connectivity index (χ1) is 18.8. The third kappa shape index (κ3) is 4.81. The molecule has 2 aromatic rings. The summed E-state index contributed by atoms with van der Waals surface area (Å²) in [5.74, 6) is 2.39. The van der Waals surface area contributed by atoms with Crippen LogP contribution in [0.2, 0.25) is 0 Å². The zero-order valence-corrected chi connectivity index (χ0v) is 23.0. The summed E-state index contributed by atoms with van der Waals surface area (Å²) in [6.45, 7) is 4.42. The Kier molecular flexibility index (Phi) is 6.65. The monoisotopic (exact) mass is 533 g/mol. The number of aromatic nitrogens is 1. The number of piperazine rings is 1. The number of carbonyl (C=O) groups is 2. The molecule has 39 heavy (non-hydrogen) atoms. The van der Waals surface area contributed by atoms with Crippen LogP contribution in [0.3, 0.4) is 0 Å². The lowest BCUT2D eigenvalue weighted by molar-refractivity contribution is -0.136. The highest BCUT2D eigenvalue weighted by atomic mass is 16.5. The first-order valence-electron chi connectivity index (χ1n) is 14.2. The Balaban J connectivity index is 1.13. The van der Waals surface area contributed by atoms with Gasteiger partial charge in [0.2, 0.25) is 0 Å². The lowest BCUT2D eigenvalue weighted by Crippen LogP contribution is -2.61. The van der Waals surface area contributed by atoms with Crippen LogP contribution in [0.1, 0.15) is 59.9 Å². The van der Waals surface area contributed by atoms with E-state index in [9.17, 15) is 14.7 Å². The summed E-state index contributed by atoms with van der Waals surface area (Å²) in [7, 11) is 3.18. The molecule has 9 heteroatoms. The fourth-order valence-electron chi connectivity index (χ4n) is 7.89. The van der Waals surface area contributed by atoms with Crippen LogP contribution < -0.4 is 25.2 Å². The highest BCUT2D eigenvalue weighted by molar-refractivity contribution is 5.97. The molecule has 5 aliphatic rings. The number of nitrogens with zero attached hydrogens (tertiary/aromatic N) is 3. The summed E-state index contributed by atoms with van der Waals surface area (Å²) < 4.78 is 5.38. The maximum atomic E-state index is 13.3. The molecule has 2 unspecified atom stereocenters. The summed E-state index contributed by atoms with van der Waals surface area (Å²) in [6, 6.07) is 11.7. The Bertz CT molecular complexity index is 1250. The number of hydrogen-bond acceptors (Lipinski definition) is 7. The Hall–Kier alpha value is -3.33. The third-order valence-electron chi connectivity index (χ3n) is 9.45. The van der Waals surface area contributed by atoms with Gasteiger partial charge in [-0.15, -0.1) is 0 Å². The van der Waals surface area contributed by atoms with Crippen molar-refractivity contribution in [2.75, 3.05) is 43.6 Å². The number of nitrogens with one attached hydrogen (secondary N) is 2. The molecule has 3 atom stereocenters. The lowest BCUT2D eigenvalue weighted by atomic mass is 9.52. The lowest BCUT2D eigenvalue weighted by Gasteiger charge is -2.58. The van der Waals surface area contributed by atoms with E-state index in [0.717, 1.165) is 63.2 Å². The number of aliphatic hydroxyl groups is 1. The summed E-state index contributed by atoms with van der Waals surface area (Å²) in [5, 5.41) is 16.9. The minimum atomic E-state index is -0.510. The molecule has 0 radical (unpaired) electrons. The smallest absolute Gasteiger partial charge is 0.270 e. The van der Waals surface area contributed by atoms with E-state index >= 15 is 0 Å². The number of rotatable bonds is 6. The van der Waals surface area contributed by atoms with Crippen LogP contribution >= 0.6 is 0 Å². The molecule has 4 bridgehead atoms. The molecule has 1 aromatic carbocycles. The fourth-order valence-corrected chi connectivity index (χ4v) is 7.89. The maximum Gasteiger partial charge on any atom is 0.270 e. The molecular formula is C30H39N5O4. The molecule has 4 aliphatic carbocycles. The Labute approximate surface area is 229 Å². The van der Waals surface area contributed by atoms with E-state index < -0.39 is 5.60 Å². The second-order valence-corrected chi connectivity index (χ2v) is 12.0. The van der Waals surface area contributed by atoms with Crippen molar-refractivity contribution < 1.29 is 19.4 Å². The van der Waals surface area contributed by atoms with Crippen molar-refractivity contribution in [3.63, 3.8) is 0 Å². The van der Waals surface area contributed by atoms with Gasteiger partial charge >= 0.3 is 0 Å². The van der Waals surface area contributed by atoms with E-state index in [4.69, 9.17) is 9.72 Å². The summed E-state index contributed by atoms with van der Waals surface area (Å²) in [5.41, 5.74) is 1.42. The van der Waals surface area contributed by atoms with Gasteiger partial charge in [-0.3, -0.25) is 9.59 Å². The Morgan fingerprint density at radius 2 is 1.85 bits per heavy atom. The number of pyridine rings is 1. The molecule has 5 fully saturated rings. The van der Waals surface area contributed by atoms with Crippen LogP contribution in [0.25, 0.3) is 0 Å². The molecular weight excluding hydrogens is 494 g/mol. The van der Waals surface area contributed by atoms with Crippen molar-refractivity contribution >= 4 is 23.3 Å². The molecule has 1 aromatic heterocycles. The largest absolute Gasteiger partial charge is 0.496 e. The number of hydrogen-bond donors (Lipinski definition) is 3. The molecule has 4 saturated carbocycles. The van der Waals surface area contributed by atoms with E-state index in [0.29, 0.717) is 34.8 Å². The molecule has 208 valence electrons. The average Bonchev–Trinajstić information content (AvgIpc) is 2.93. The minimum Gasteiger partial charge on any atom is -0.496 e. The molecule has 9 nitrogen and oxygen atoms in total. The number of anilines is 2. The average molecular weight is 534 g/mol. The predicted octanol–water partition coefficient (Wildman–Crippen LogP) is 2.83. The van der Waals surface area contributed by atoms with Crippen LogP contribution in [0.5, 0.6) is 5.75 Å². The number of carbonyl (C=O) groups excluding carboxylic acids is 2. The Morgan fingerprint density at radius 1 is 1.08 bits per heavy atom. The van der Waals surface area contributed by atoms with E-state index in [1.54, 1.807) is 20.2 Å². The van der Waals surface area contributed by atoms with E-state index in [-0.39, 0.29) is 23.9 Å². The van der Waals surface area contributed by atoms with Crippen LogP contribution in [-0.4, -0.2) is 73.4 Å². The molecule has 1 aliphatic heterocycles. The van der Waals surface area contributed by atoms with Crippen molar-refractivity contribution in [2.45, 2.75) is 56.7 Å². The third-order valence-corrected chi connectivity index (χ3v) is 9.45. The summed E-state index contributed by atoms with van der Waals surface area (Å²) >= 11 is 0. The van der Waals surface area contributed by atoms with E-state index in [1.807, 2.05) is 30.3 Å². The van der Waals surface area contributed by atoms with Gasteiger partial charge in [0.1, 0.15) is 17.3 Å². The standard InChI is InChI=1S/C30H39N5O4/c1-18-17-34(22-7-8-25(39-3)23(13-22)28(36)31-2)9-10-35(18)26-6-4-5-24(32-26)29(37)33-27-20-11-19-12-21(27)16-30(38,14-19)15-20/h4-8,13,18-21,27,38H,9-12,14-17H2,1-3H3,(H,31,36)(H,33,37)/t18-,19?,20?,21?,27-,30-/m1/s1. The van der Waals surface area contributed by atoms with Gasteiger partial charge in [-0.25, -0.2) is 4.98 Å². The highest BCUT2D eigenvalue weighted by Gasteiger charge is 2.55. The second kappa shape index (κ2) is 10.0. The normalized spacial score (nSPS) is 31.2. The zero-order chi connectivity index (χ0) is 27.3. The number of methoxy groups -OCH3 is 1. The van der Waals surface area contributed by atoms with Crippen molar-refractivity contribution in [2.24, 2.45) is 17.8 Å². The fraction of sp³-hybridized carbons (Fsp3) is 0.567. The topological polar surface area (TPSA) is 107 Å². The van der Waals surface area contributed by atoms with Gasteiger partial charge in [0.05, 0.1) is 18.3 Å². The van der Waals surface area contributed by atoms with Gasteiger partial charge in [-0.05, 0) is 87.1 Å². The predicted molar refractivity (Wildman–Crippen MR) is 149 cm³/mol. The quantitative estimate of drug-likeness (QED) is 0.524. The highest BCUT2D eigenvalue weighted by Crippen LogP contribution is 2.55. The van der Waals surface area contributed by atoms with Crippen molar-refractivity contribution in [3.8, 4) is 5.75 Å². The molecule has 1 saturated heterocycles. The van der Waals surface area contributed by atoms with Crippen molar-refractivity contribution in [1.82, 2.24) is 15.6 Å². The minimum absolute atomic E-state index is 0.118. The van der Waals surface area contributed by atoms with Crippen molar-refractivity contribution in [1.29, 1.82) is 0 Å². The Morgan fingerprint density at radius 3 is 2.51 bits per heavy atom. The summed E-state index contributed by atoms with van der Waals surface area (Å²) in [6.07, 6.45) is 4.76. The number of ether oxygens (including phenoxy) is 1. The van der Waals surface area contributed by atoms with Crippen LogP contribution in [0.4, 0.5) is 11.5 Å². The molecule has 2 heterocycles. The molecule has 0 spiro atoms. The summed E-state index contributed by atoms with van der Waals surface area (Å²) in [4.78, 5) is 35.0. The SMILES string of the molecule is CNC(=O)c1cc(N2CCN(c3cccc(C(=O)N[C@H]4C5CC6CC4C[C@](O)(C6)C5)n3)[C@H](C)C2)ccc1OC. The van der Waals surface area contributed by atoms with Gasteiger partial charge in [-0.2, -0.15) is 0 Å². The van der Waals surface area contributed by atoms with Gasteiger partial charge in [-0.1, -0.05) is 6.07 Å². The molecule has 7 rings (SSSR count). The van der Waals surface area contributed by atoms with Gasteiger partial charge < -0.3 is 30.3 Å². The molecule has 2 amide bonds. The van der Waals surface area contributed by atoms with Gasteiger partial charge in [0.15, 0.2) is 0 Å². The number of amides is 2. The van der Waals surface area contributed by atoms with Gasteiger partial charge in [0, 0.05) is 44.5 Å². The van der Waals surface area contributed by atoms with E-state index in [1.165, 1.54) is 0 Å². The number of benzene rings is 1. The zero-order valence-electron chi connectivity index (χ0n) is 23.0. The van der Waals surface area contributed by atoms with Gasteiger partial charge in [0.25, 0.3) is 11.8 Å². The first kappa shape index (κ1) is 25.9. The van der Waals surface area contributed by atoms with E-state index in [2.05, 4.69) is 27.4 Å². The first-order valence-corrected chi connectivity index (χ1v) is 14.2.